The molecule has 0 spiro atoms. The lowest BCUT2D eigenvalue weighted by Gasteiger charge is -2.49. The highest BCUT2D eigenvalue weighted by atomic mass is 16.2. The van der Waals surface area contributed by atoms with Crippen LogP contribution in [-0.2, 0) is 9.59 Å². The van der Waals surface area contributed by atoms with Crippen molar-refractivity contribution in [3.8, 4) is 0 Å². The lowest BCUT2D eigenvalue weighted by molar-refractivity contribution is -0.165. The van der Waals surface area contributed by atoms with E-state index in [1.807, 2.05) is 23.6 Å². The minimum absolute atomic E-state index is 0.176. The molecule has 17 heavy (non-hydrogen) atoms. The van der Waals surface area contributed by atoms with E-state index >= 15 is 0 Å². The van der Waals surface area contributed by atoms with Gasteiger partial charge in [0.25, 0.3) is 0 Å². The maximum Gasteiger partial charge on any atom is 0.224 e. The first-order valence-corrected chi connectivity index (χ1v) is 6.14. The van der Waals surface area contributed by atoms with Gasteiger partial charge >= 0.3 is 0 Å². The van der Waals surface area contributed by atoms with E-state index in [0.29, 0.717) is 39.5 Å². The summed E-state index contributed by atoms with van der Waals surface area (Å²) >= 11 is 0. The minimum Gasteiger partial charge on any atom is -0.317 e. The van der Waals surface area contributed by atoms with Gasteiger partial charge in [-0.1, -0.05) is 13.8 Å². The number of amides is 2. The normalized spacial score (nSPS) is 28.1. The molecule has 0 aliphatic carbocycles. The molecule has 2 aliphatic rings. The SMILES string of the molecule is CCC(=O)N1CN2CN(C1)CN(C(=O)CC)C2. The van der Waals surface area contributed by atoms with Gasteiger partial charge in [-0.3, -0.25) is 19.4 Å². The third kappa shape index (κ3) is 2.58. The summed E-state index contributed by atoms with van der Waals surface area (Å²) in [6.07, 6.45) is 1.08. The van der Waals surface area contributed by atoms with Crippen molar-refractivity contribution in [2.75, 3.05) is 33.3 Å². The van der Waals surface area contributed by atoms with Gasteiger partial charge in [-0.25, -0.2) is 0 Å². The van der Waals surface area contributed by atoms with Gasteiger partial charge in [-0.05, 0) is 0 Å². The first kappa shape index (κ1) is 12.3. The Bertz CT molecular complexity index is 279. The van der Waals surface area contributed by atoms with Crippen molar-refractivity contribution in [3.63, 3.8) is 0 Å². The Morgan fingerprint density at radius 3 is 1.41 bits per heavy atom. The Balaban J connectivity index is 1.98. The Hall–Kier alpha value is -1.14. The standard InChI is InChI=1S/C11H20N4O2/c1-3-10(16)14-6-12-5-13(7-14)9-15(8-12)11(17)4-2/h3-9H2,1-2H3. The van der Waals surface area contributed by atoms with Crippen LogP contribution in [0.2, 0.25) is 0 Å². The van der Waals surface area contributed by atoms with Gasteiger partial charge in [0.2, 0.25) is 11.8 Å². The number of carbonyl (C=O) groups is 2. The second-order valence-corrected chi connectivity index (χ2v) is 4.62. The van der Waals surface area contributed by atoms with Crippen molar-refractivity contribution in [1.82, 2.24) is 19.6 Å². The van der Waals surface area contributed by atoms with Crippen molar-refractivity contribution >= 4 is 11.8 Å². The molecule has 0 atom stereocenters. The van der Waals surface area contributed by atoms with Crippen LogP contribution in [0.15, 0.2) is 0 Å². The molecule has 6 nitrogen and oxygen atoms in total. The Kier molecular flexibility index (Phi) is 3.63. The molecule has 0 aromatic carbocycles. The fourth-order valence-corrected chi connectivity index (χ4v) is 2.37. The molecule has 2 saturated heterocycles. The van der Waals surface area contributed by atoms with E-state index in [-0.39, 0.29) is 11.8 Å². The highest BCUT2D eigenvalue weighted by Gasteiger charge is 2.33. The van der Waals surface area contributed by atoms with Crippen LogP contribution in [0, 0.1) is 0 Å². The van der Waals surface area contributed by atoms with Crippen LogP contribution in [0.1, 0.15) is 26.7 Å². The third-order valence-corrected chi connectivity index (χ3v) is 3.19. The van der Waals surface area contributed by atoms with E-state index in [2.05, 4.69) is 9.80 Å². The average molecular weight is 240 g/mol. The lowest BCUT2D eigenvalue weighted by atomic mass is 10.3. The molecule has 2 bridgehead atoms. The zero-order valence-corrected chi connectivity index (χ0v) is 10.6. The largest absolute Gasteiger partial charge is 0.317 e. The molecule has 2 aliphatic heterocycles. The van der Waals surface area contributed by atoms with Gasteiger partial charge in [0.1, 0.15) is 0 Å². The summed E-state index contributed by atoms with van der Waals surface area (Å²) in [5, 5.41) is 0. The summed E-state index contributed by atoms with van der Waals surface area (Å²) in [6, 6.07) is 0. The maximum absolute atomic E-state index is 11.7. The predicted octanol–water partition coefficient (Wildman–Crippen LogP) is -0.118. The quantitative estimate of drug-likeness (QED) is 0.675. The number of fused-ring (bicyclic) bond motifs is 2. The summed E-state index contributed by atoms with van der Waals surface area (Å²) in [7, 11) is 0. The summed E-state index contributed by atoms with van der Waals surface area (Å²) in [6.45, 7) is 7.15. The van der Waals surface area contributed by atoms with Crippen LogP contribution in [0.4, 0.5) is 0 Å². The molecule has 0 aromatic heterocycles. The number of nitrogens with zero attached hydrogens (tertiary/aromatic N) is 4. The Morgan fingerprint density at radius 1 is 0.765 bits per heavy atom. The van der Waals surface area contributed by atoms with Crippen LogP contribution in [0.5, 0.6) is 0 Å². The van der Waals surface area contributed by atoms with Crippen LogP contribution < -0.4 is 0 Å². The van der Waals surface area contributed by atoms with Gasteiger partial charge in [-0.15, -0.1) is 0 Å². The first-order chi connectivity index (χ1) is 8.13. The summed E-state index contributed by atoms with van der Waals surface area (Å²) in [5.41, 5.74) is 0. The van der Waals surface area contributed by atoms with E-state index < -0.39 is 0 Å². The molecule has 0 aromatic rings. The fourth-order valence-electron chi connectivity index (χ4n) is 2.37. The smallest absolute Gasteiger partial charge is 0.224 e. The zero-order valence-electron chi connectivity index (χ0n) is 10.6. The molecule has 2 fully saturated rings. The maximum atomic E-state index is 11.7. The molecule has 96 valence electrons. The second-order valence-electron chi connectivity index (χ2n) is 4.62. The van der Waals surface area contributed by atoms with E-state index in [4.69, 9.17) is 0 Å². The van der Waals surface area contributed by atoms with Gasteiger partial charge in [0.05, 0.1) is 33.3 Å². The third-order valence-electron chi connectivity index (χ3n) is 3.19. The van der Waals surface area contributed by atoms with E-state index in [9.17, 15) is 9.59 Å². The van der Waals surface area contributed by atoms with Crippen molar-refractivity contribution in [2.45, 2.75) is 26.7 Å². The first-order valence-electron chi connectivity index (χ1n) is 6.14. The molecule has 2 heterocycles. The number of hydrogen-bond acceptors (Lipinski definition) is 4. The van der Waals surface area contributed by atoms with Crippen LogP contribution in [0.3, 0.4) is 0 Å². The topological polar surface area (TPSA) is 47.1 Å². The van der Waals surface area contributed by atoms with Crippen LogP contribution in [0.25, 0.3) is 0 Å². The van der Waals surface area contributed by atoms with Gasteiger partial charge in [-0.2, -0.15) is 0 Å². The summed E-state index contributed by atoms with van der Waals surface area (Å²) < 4.78 is 0. The monoisotopic (exact) mass is 240 g/mol. The van der Waals surface area contributed by atoms with Gasteiger partial charge in [0.15, 0.2) is 0 Å². The minimum atomic E-state index is 0.176. The van der Waals surface area contributed by atoms with E-state index in [1.165, 1.54) is 0 Å². The second kappa shape index (κ2) is 5.01. The molecule has 0 radical (unpaired) electrons. The summed E-state index contributed by atoms with van der Waals surface area (Å²) in [4.78, 5) is 31.3. The van der Waals surface area contributed by atoms with Gasteiger partial charge < -0.3 is 9.80 Å². The van der Waals surface area contributed by atoms with Crippen molar-refractivity contribution in [3.05, 3.63) is 0 Å². The molecule has 2 amide bonds. The van der Waals surface area contributed by atoms with Crippen LogP contribution in [-0.4, -0.2) is 64.8 Å². The Morgan fingerprint density at radius 2 is 1.12 bits per heavy atom. The van der Waals surface area contributed by atoms with Gasteiger partial charge in [0, 0.05) is 12.8 Å². The van der Waals surface area contributed by atoms with Crippen LogP contribution >= 0.6 is 0 Å². The fraction of sp³-hybridized carbons (Fsp3) is 0.818. The molecule has 0 saturated carbocycles. The van der Waals surface area contributed by atoms with E-state index in [1.54, 1.807) is 0 Å². The number of carbonyl (C=O) groups excluding carboxylic acids is 2. The van der Waals surface area contributed by atoms with Crippen molar-refractivity contribution in [1.29, 1.82) is 0 Å². The Labute approximate surface area is 102 Å². The van der Waals surface area contributed by atoms with Crippen molar-refractivity contribution in [2.24, 2.45) is 0 Å². The highest BCUT2D eigenvalue weighted by Crippen LogP contribution is 2.15. The zero-order chi connectivity index (χ0) is 12.4. The molecule has 0 N–H and O–H groups in total. The number of rotatable bonds is 2. The predicted molar refractivity (Wildman–Crippen MR) is 62.3 cm³/mol. The highest BCUT2D eigenvalue weighted by molar-refractivity contribution is 5.76. The van der Waals surface area contributed by atoms with Crippen molar-refractivity contribution < 1.29 is 9.59 Å². The molecular weight excluding hydrogens is 220 g/mol. The average Bonchev–Trinajstić information content (AvgIpc) is 2.35. The lowest BCUT2D eigenvalue weighted by Crippen LogP contribution is -2.65. The molecule has 0 unspecified atom stereocenters. The van der Waals surface area contributed by atoms with E-state index in [0.717, 1.165) is 6.67 Å². The molecule has 2 rings (SSSR count). The number of hydrogen-bond donors (Lipinski definition) is 0. The molecular formula is C11H20N4O2. The molecule has 6 heteroatoms. The summed E-state index contributed by atoms with van der Waals surface area (Å²) in [5.74, 6) is 0.352.